The zero-order valence-corrected chi connectivity index (χ0v) is 22.0. The molecule has 2 aliphatic heterocycles. The van der Waals surface area contributed by atoms with E-state index in [1.54, 1.807) is 6.20 Å². The van der Waals surface area contributed by atoms with Crippen LogP contribution < -0.4 is 0 Å². The van der Waals surface area contributed by atoms with Crippen molar-refractivity contribution in [2.45, 2.75) is 45.6 Å². The molecule has 6 heteroatoms. The Morgan fingerprint density at radius 3 is 2.51 bits per heavy atom. The summed E-state index contributed by atoms with van der Waals surface area (Å²) in [6, 6.07) is 16.4. The van der Waals surface area contributed by atoms with E-state index in [-0.39, 0.29) is 11.3 Å². The van der Waals surface area contributed by atoms with E-state index < -0.39 is 0 Å². The van der Waals surface area contributed by atoms with Gasteiger partial charge in [0.25, 0.3) is 5.91 Å². The van der Waals surface area contributed by atoms with Crippen molar-refractivity contribution in [3.05, 3.63) is 75.9 Å². The molecular formula is C29H33Cl2N3O. The van der Waals surface area contributed by atoms with Crippen LogP contribution in [0.15, 0.2) is 54.7 Å². The molecule has 2 aliphatic rings. The third-order valence-corrected chi connectivity index (χ3v) is 8.82. The summed E-state index contributed by atoms with van der Waals surface area (Å²) in [5, 5.41) is 2.27. The highest BCUT2D eigenvalue weighted by Crippen LogP contribution is 2.39. The number of likely N-dealkylation sites (tertiary alicyclic amines) is 2. The van der Waals surface area contributed by atoms with E-state index in [1.807, 2.05) is 47.4 Å². The molecule has 3 aromatic rings. The van der Waals surface area contributed by atoms with Crippen LogP contribution >= 0.6 is 23.2 Å². The molecule has 3 heterocycles. The minimum absolute atomic E-state index is 0.105. The number of fused-ring (bicyclic) bond motifs is 1. The maximum absolute atomic E-state index is 13.3. The summed E-state index contributed by atoms with van der Waals surface area (Å²) in [6.45, 7) is 8.60. The second-order valence-corrected chi connectivity index (χ2v) is 11.6. The van der Waals surface area contributed by atoms with Gasteiger partial charge in [-0.05, 0) is 73.4 Å². The van der Waals surface area contributed by atoms with E-state index in [4.69, 9.17) is 23.2 Å². The van der Waals surface area contributed by atoms with Crippen LogP contribution in [-0.4, -0.2) is 52.9 Å². The van der Waals surface area contributed by atoms with Crippen molar-refractivity contribution in [2.75, 3.05) is 26.2 Å². The van der Waals surface area contributed by atoms with Gasteiger partial charge in [-0.1, -0.05) is 61.3 Å². The van der Waals surface area contributed by atoms with E-state index >= 15 is 0 Å². The molecule has 4 nitrogen and oxygen atoms in total. The minimum Gasteiger partial charge on any atom is -0.338 e. The number of benzene rings is 2. The second-order valence-electron chi connectivity index (χ2n) is 10.8. The van der Waals surface area contributed by atoms with Gasteiger partial charge in [0.2, 0.25) is 0 Å². The molecule has 1 amide bonds. The van der Waals surface area contributed by atoms with E-state index in [9.17, 15) is 4.79 Å². The average Bonchev–Trinajstić information content (AvgIpc) is 2.86. The van der Waals surface area contributed by atoms with Crippen LogP contribution in [0, 0.1) is 11.3 Å². The number of rotatable bonds is 4. The highest BCUT2D eigenvalue weighted by atomic mass is 35.5. The summed E-state index contributed by atoms with van der Waals surface area (Å²) in [7, 11) is 0. The highest BCUT2D eigenvalue weighted by Gasteiger charge is 2.39. The number of pyridine rings is 1. The first-order valence-electron chi connectivity index (χ1n) is 12.6. The van der Waals surface area contributed by atoms with Crippen LogP contribution in [0.25, 0.3) is 10.9 Å². The molecule has 1 unspecified atom stereocenters. The Labute approximate surface area is 218 Å². The molecule has 0 N–H and O–H groups in total. The fraction of sp³-hybridized carbons (Fsp3) is 0.448. The molecule has 2 fully saturated rings. The van der Waals surface area contributed by atoms with Crippen LogP contribution in [0.1, 0.15) is 49.0 Å². The fourth-order valence-electron chi connectivity index (χ4n) is 5.97. The molecule has 1 atom stereocenters. The van der Waals surface area contributed by atoms with Crippen molar-refractivity contribution in [1.29, 1.82) is 0 Å². The van der Waals surface area contributed by atoms with Crippen molar-refractivity contribution in [3.8, 4) is 0 Å². The van der Waals surface area contributed by atoms with Gasteiger partial charge in [0.05, 0.1) is 21.1 Å². The lowest BCUT2D eigenvalue weighted by Crippen LogP contribution is -2.53. The van der Waals surface area contributed by atoms with Crippen molar-refractivity contribution in [2.24, 2.45) is 11.3 Å². The molecule has 0 radical (unpaired) electrons. The standard InChI is InChI=1S/C29H33Cl2N3O/c1-29(2)19-34(14-10-22(29)17-20-8-9-25(30)26(31)18-20)23-11-15-33(16-12-23)28(35)24-7-3-5-21-6-4-13-32-27(21)24/h3-9,13,18,22-23H,10-12,14-17,19H2,1-2H3. The Hall–Kier alpha value is -2.14. The van der Waals surface area contributed by atoms with Gasteiger partial charge in [-0.3, -0.25) is 14.7 Å². The Morgan fingerprint density at radius 1 is 1.00 bits per heavy atom. The lowest BCUT2D eigenvalue weighted by atomic mass is 9.70. The zero-order chi connectivity index (χ0) is 24.6. The molecular weight excluding hydrogens is 477 g/mol. The number of amides is 1. The number of hydrogen-bond donors (Lipinski definition) is 0. The highest BCUT2D eigenvalue weighted by molar-refractivity contribution is 6.42. The third-order valence-electron chi connectivity index (χ3n) is 8.08. The largest absolute Gasteiger partial charge is 0.338 e. The third kappa shape index (κ3) is 5.21. The van der Waals surface area contributed by atoms with Crippen LogP contribution in [-0.2, 0) is 6.42 Å². The summed E-state index contributed by atoms with van der Waals surface area (Å²) in [6.07, 6.45) is 6.02. The van der Waals surface area contributed by atoms with E-state index in [1.165, 1.54) is 12.0 Å². The smallest absolute Gasteiger partial charge is 0.256 e. The number of para-hydroxylation sites is 1. The van der Waals surface area contributed by atoms with E-state index in [0.29, 0.717) is 27.6 Å². The Bertz CT molecular complexity index is 1210. The first-order chi connectivity index (χ1) is 16.8. The topological polar surface area (TPSA) is 36.4 Å². The molecule has 0 aliphatic carbocycles. The minimum atomic E-state index is 0.105. The molecule has 35 heavy (non-hydrogen) atoms. The predicted octanol–water partition coefficient (Wildman–Crippen LogP) is 6.74. The number of carbonyl (C=O) groups excluding carboxylic acids is 1. The van der Waals surface area contributed by atoms with Crippen LogP contribution in [0.5, 0.6) is 0 Å². The summed E-state index contributed by atoms with van der Waals surface area (Å²) in [4.78, 5) is 22.5. The molecule has 2 aromatic carbocycles. The number of nitrogens with zero attached hydrogens (tertiary/aromatic N) is 3. The van der Waals surface area contributed by atoms with Crippen LogP contribution in [0.3, 0.4) is 0 Å². The number of hydrogen-bond acceptors (Lipinski definition) is 3. The first-order valence-corrected chi connectivity index (χ1v) is 13.4. The second kappa shape index (κ2) is 10.1. The average molecular weight is 511 g/mol. The van der Waals surface area contributed by atoms with Crippen molar-refractivity contribution >= 4 is 40.0 Å². The zero-order valence-electron chi connectivity index (χ0n) is 20.5. The number of piperidine rings is 2. The molecule has 184 valence electrons. The first kappa shape index (κ1) is 24.5. The van der Waals surface area contributed by atoms with Gasteiger partial charge in [0, 0.05) is 37.3 Å². The molecule has 5 rings (SSSR count). The predicted molar refractivity (Wildman–Crippen MR) is 144 cm³/mol. The van der Waals surface area contributed by atoms with Crippen LogP contribution in [0.2, 0.25) is 10.0 Å². The van der Waals surface area contributed by atoms with Gasteiger partial charge in [0.15, 0.2) is 0 Å². The summed E-state index contributed by atoms with van der Waals surface area (Å²) in [5.41, 5.74) is 2.99. The van der Waals surface area contributed by atoms with Crippen LogP contribution in [0.4, 0.5) is 0 Å². The summed E-state index contributed by atoms with van der Waals surface area (Å²) in [5.74, 6) is 0.713. The number of halogens is 2. The van der Waals surface area contributed by atoms with Gasteiger partial charge < -0.3 is 4.90 Å². The Balaban J connectivity index is 1.19. The normalized spacial score (nSPS) is 21.4. The van der Waals surface area contributed by atoms with Crippen molar-refractivity contribution in [1.82, 2.24) is 14.8 Å². The SMILES string of the molecule is CC1(C)CN(C2CCN(C(=O)c3cccc4cccnc34)CC2)CCC1Cc1ccc(Cl)c(Cl)c1. The monoisotopic (exact) mass is 509 g/mol. The summed E-state index contributed by atoms with van der Waals surface area (Å²) >= 11 is 12.4. The molecule has 2 saturated heterocycles. The summed E-state index contributed by atoms with van der Waals surface area (Å²) < 4.78 is 0. The van der Waals surface area contributed by atoms with E-state index in [0.717, 1.165) is 56.3 Å². The fourth-order valence-corrected chi connectivity index (χ4v) is 6.29. The number of aromatic nitrogens is 1. The van der Waals surface area contributed by atoms with Crippen molar-refractivity contribution < 1.29 is 4.79 Å². The van der Waals surface area contributed by atoms with Gasteiger partial charge in [-0.25, -0.2) is 0 Å². The van der Waals surface area contributed by atoms with Gasteiger partial charge in [-0.15, -0.1) is 0 Å². The lowest BCUT2D eigenvalue weighted by Gasteiger charge is -2.49. The molecule has 0 bridgehead atoms. The molecule has 0 saturated carbocycles. The quantitative estimate of drug-likeness (QED) is 0.390. The lowest BCUT2D eigenvalue weighted by molar-refractivity contribution is 0.00814. The Morgan fingerprint density at radius 2 is 1.77 bits per heavy atom. The van der Waals surface area contributed by atoms with Crippen molar-refractivity contribution in [3.63, 3.8) is 0 Å². The van der Waals surface area contributed by atoms with E-state index in [2.05, 4.69) is 29.8 Å². The maximum Gasteiger partial charge on any atom is 0.256 e. The molecule has 0 spiro atoms. The van der Waals surface area contributed by atoms with Gasteiger partial charge in [0.1, 0.15) is 0 Å². The molecule has 1 aromatic heterocycles. The Kier molecular flexibility index (Phi) is 7.07. The number of carbonyl (C=O) groups is 1. The van der Waals surface area contributed by atoms with Gasteiger partial charge in [-0.2, -0.15) is 0 Å². The maximum atomic E-state index is 13.3. The van der Waals surface area contributed by atoms with Gasteiger partial charge >= 0.3 is 0 Å².